The molecule has 1 aliphatic carbocycles. The molecule has 128 valence electrons. The third-order valence-corrected chi connectivity index (χ3v) is 6.60. The van der Waals surface area contributed by atoms with Crippen LogP contribution in [0.15, 0.2) is 22.8 Å². The minimum atomic E-state index is 0.461. The van der Waals surface area contributed by atoms with Gasteiger partial charge in [-0.3, -0.25) is 4.90 Å². The number of methoxy groups -OCH3 is 1. The van der Waals surface area contributed by atoms with E-state index in [0.717, 1.165) is 31.5 Å². The first-order valence-corrected chi connectivity index (χ1v) is 9.27. The number of hydrogen-bond donors (Lipinski definition) is 0. The fourth-order valence-corrected chi connectivity index (χ4v) is 4.97. The minimum absolute atomic E-state index is 0.461. The lowest BCUT2D eigenvalue weighted by molar-refractivity contribution is 0.00811. The van der Waals surface area contributed by atoms with Gasteiger partial charge < -0.3 is 14.1 Å². The second kappa shape index (κ2) is 6.58. The maximum Gasteiger partial charge on any atom is 0.117 e. The Morgan fingerprint density at radius 3 is 2.74 bits per heavy atom. The molecule has 2 aliphatic heterocycles. The first-order valence-electron chi connectivity index (χ1n) is 9.27. The average molecular weight is 318 g/mol. The van der Waals surface area contributed by atoms with Crippen molar-refractivity contribution >= 4 is 0 Å². The van der Waals surface area contributed by atoms with Gasteiger partial charge in [0.15, 0.2) is 0 Å². The van der Waals surface area contributed by atoms with Crippen molar-refractivity contribution < 1.29 is 9.15 Å². The smallest absolute Gasteiger partial charge is 0.117 e. The molecule has 3 aliphatic rings. The van der Waals surface area contributed by atoms with Crippen LogP contribution in [0.2, 0.25) is 0 Å². The molecule has 1 atom stereocenters. The lowest BCUT2D eigenvalue weighted by Gasteiger charge is -2.47. The van der Waals surface area contributed by atoms with Crippen LogP contribution in [0.5, 0.6) is 0 Å². The summed E-state index contributed by atoms with van der Waals surface area (Å²) in [7, 11) is 1.85. The molecule has 2 saturated heterocycles. The summed E-state index contributed by atoms with van der Waals surface area (Å²) in [4.78, 5) is 5.34. The van der Waals surface area contributed by atoms with Crippen LogP contribution in [0, 0.1) is 11.3 Å². The zero-order valence-corrected chi connectivity index (χ0v) is 14.4. The second-order valence-corrected chi connectivity index (χ2v) is 7.88. The minimum Gasteiger partial charge on any atom is -0.468 e. The zero-order chi connectivity index (χ0) is 15.7. The van der Waals surface area contributed by atoms with E-state index in [0.29, 0.717) is 11.3 Å². The molecule has 4 heteroatoms. The number of likely N-dealkylation sites (tertiary alicyclic amines) is 2. The van der Waals surface area contributed by atoms with Crippen LogP contribution in [-0.4, -0.2) is 55.7 Å². The highest BCUT2D eigenvalue weighted by Gasteiger charge is 2.48. The molecule has 0 N–H and O–H groups in total. The highest BCUT2D eigenvalue weighted by molar-refractivity contribution is 5.04. The molecule has 1 saturated carbocycles. The van der Waals surface area contributed by atoms with Gasteiger partial charge in [0.25, 0.3) is 0 Å². The van der Waals surface area contributed by atoms with Crippen molar-refractivity contribution in [1.29, 1.82) is 0 Å². The second-order valence-electron chi connectivity index (χ2n) is 7.88. The third-order valence-electron chi connectivity index (χ3n) is 6.60. The van der Waals surface area contributed by atoms with Crippen LogP contribution >= 0.6 is 0 Å². The summed E-state index contributed by atoms with van der Waals surface area (Å²) in [6.07, 6.45) is 8.76. The van der Waals surface area contributed by atoms with E-state index in [4.69, 9.17) is 9.15 Å². The molecule has 23 heavy (non-hydrogen) atoms. The van der Waals surface area contributed by atoms with Crippen molar-refractivity contribution in [2.24, 2.45) is 11.3 Å². The molecule has 1 spiro atoms. The van der Waals surface area contributed by atoms with Crippen LogP contribution in [0.25, 0.3) is 0 Å². The molecule has 0 bridgehead atoms. The quantitative estimate of drug-likeness (QED) is 0.834. The van der Waals surface area contributed by atoms with E-state index >= 15 is 0 Å². The van der Waals surface area contributed by atoms with Crippen molar-refractivity contribution in [3.8, 4) is 0 Å². The summed E-state index contributed by atoms with van der Waals surface area (Å²) in [5, 5.41) is 0. The Morgan fingerprint density at radius 2 is 2.13 bits per heavy atom. The Balaban J connectivity index is 1.41. The van der Waals surface area contributed by atoms with Gasteiger partial charge in [0.2, 0.25) is 0 Å². The van der Waals surface area contributed by atoms with Gasteiger partial charge in [0, 0.05) is 32.2 Å². The fourth-order valence-electron chi connectivity index (χ4n) is 4.97. The van der Waals surface area contributed by atoms with E-state index in [1.807, 2.05) is 13.2 Å². The topological polar surface area (TPSA) is 28.9 Å². The third kappa shape index (κ3) is 3.09. The van der Waals surface area contributed by atoms with Gasteiger partial charge in [-0.2, -0.15) is 0 Å². The van der Waals surface area contributed by atoms with Crippen LogP contribution in [0.1, 0.15) is 37.9 Å². The predicted molar refractivity (Wildman–Crippen MR) is 90.2 cm³/mol. The van der Waals surface area contributed by atoms with Gasteiger partial charge in [0.05, 0.1) is 19.4 Å². The first-order chi connectivity index (χ1) is 11.3. The standard InChI is InChI=1S/C19H30N2O2/c1-22-14-16-12-20(13-18-6-3-11-23-18)15-19(16)7-9-21(10-8-19)17-4-2-5-17/h3,6,11,16-17H,2,4-5,7-10,12-15H2,1H3/t16-/m0/s1. The van der Waals surface area contributed by atoms with Gasteiger partial charge in [-0.1, -0.05) is 6.42 Å². The van der Waals surface area contributed by atoms with E-state index < -0.39 is 0 Å². The summed E-state index contributed by atoms with van der Waals surface area (Å²) in [6, 6.07) is 4.98. The maximum atomic E-state index is 5.58. The Bertz CT molecular complexity index is 489. The van der Waals surface area contributed by atoms with Gasteiger partial charge >= 0.3 is 0 Å². The van der Waals surface area contributed by atoms with Crippen molar-refractivity contribution in [3.63, 3.8) is 0 Å². The van der Waals surface area contributed by atoms with Crippen LogP contribution in [0.3, 0.4) is 0 Å². The molecule has 0 radical (unpaired) electrons. The van der Waals surface area contributed by atoms with Crippen LogP contribution < -0.4 is 0 Å². The Kier molecular flexibility index (Phi) is 4.48. The number of nitrogens with zero attached hydrogens (tertiary/aromatic N) is 2. The lowest BCUT2D eigenvalue weighted by atomic mass is 9.70. The highest BCUT2D eigenvalue weighted by atomic mass is 16.5. The number of hydrogen-bond acceptors (Lipinski definition) is 4. The fraction of sp³-hybridized carbons (Fsp3) is 0.789. The average Bonchev–Trinajstić information content (AvgIpc) is 3.10. The molecule has 0 amide bonds. The van der Waals surface area contributed by atoms with E-state index in [2.05, 4.69) is 15.9 Å². The Labute approximate surface area is 139 Å². The molecule has 0 unspecified atom stereocenters. The molecule has 0 aromatic carbocycles. The first kappa shape index (κ1) is 15.7. The number of rotatable bonds is 5. The summed E-state index contributed by atoms with van der Waals surface area (Å²) < 4.78 is 11.1. The van der Waals surface area contributed by atoms with E-state index in [9.17, 15) is 0 Å². The number of furan rings is 1. The van der Waals surface area contributed by atoms with Crippen LogP contribution in [0.4, 0.5) is 0 Å². The monoisotopic (exact) mass is 318 g/mol. The molecule has 4 rings (SSSR count). The molecule has 3 heterocycles. The van der Waals surface area contributed by atoms with Gasteiger partial charge in [-0.15, -0.1) is 0 Å². The largest absolute Gasteiger partial charge is 0.468 e. The summed E-state index contributed by atoms with van der Waals surface area (Å²) >= 11 is 0. The normalized spacial score (nSPS) is 29.2. The SMILES string of the molecule is COC[C@@H]1CN(Cc2ccco2)CC12CCN(C1CCC1)CC2. The van der Waals surface area contributed by atoms with Crippen molar-refractivity contribution in [1.82, 2.24) is 9.80 Å². The van der Waals surface area contributed by atoms with Gasteiger partial charge in [0.1, 0.15) is 5.76 Å². The summed E-state index contributed by atoms with van der Waals surface area (Å²) in [5.74, 6) is 1.76. The molecular weight excluding hydrogens is 288 g/mol. The molecular formula is C19H30N2O2. The van der Waals surface area contributed by atoms with Crippen LogP contribution in [-0.2, 0) is 11.3 Å². The number of ether oxygens (including phenoxy) is 1. The lowest BCUT2D eigenvalue weighted by Crippen LogP contribution is -2.50. The summed E-state index contributed by atoms with van der Waals surface area (Å²) in [6.45, 7) is 6.79. The van der Waals surface area contributed by atoms with Gasteiger partial charge in [-0.05, 0) is 56.3 Å². The van der Waals surface area contributed by atoms with Crippen molar-refractivity contribution in [2.75, 3.05) is 39.9 Å². The molecule has 3 fully saturated rings. The van der Waals surface area contributed by atoms with E-state index in [1.165, 1.54) is 51.7 Å². The predicted octanol–water partition coefficient (Wildman–Crippen LogP) is 2.99. The highest BCUT2D eigenvalue weighted by Crippen LogP contribution is 2.46. The van der Waals surface area contributed by atoms with Crippen molar-refractivity contribution in [3.05, 3.63) is 24.2 Å². The van der Waals surface area contributed by atoms with E-state index in [1.54, 1.807) is 6.26 Å². The van der Waals surface area contributed by atoms with Crippen molar-refractivity contribution in [2.45, 2.75) is 44.7 Å². The molecule has 1 aromatic heterocycles. The van der Waals surface area contributed by atoms with E-state index in [-0.39, 0.29) is 0 Å². The number of piperidine rings is 1. The molecule has 1 aromatic rings. The maximum absolute atomic E-state index is 5.58. The Hall–Kier alpha value is -0.840. The zero-order valence-electron chi connectivity index (χ0n) is 14.4. The van der Waals surface area contributed by atoms with Gasteiger partial charge in [-0.25, -0.2) is 0 Å². The molecule has 4 nitrogen and oxygen atoms in total. The Morgan fingerprint density at radius 1 is 1.30 bits per heavy atom. The summed E-state index contributed by atoms with van der Waals surface area (Å²) in [5.41, 5.74) is 0.461.